The van der Waals surface area contributed by atoms with Gasteiger partial charge in [-0.3, -0.25) is 0 Å². The molecule has 0 amide bonds. The molecule has 1 heterocycles. The van der Waals surface area contributed by atoms with Gasteiger partial charge in [0.15, 0.2) is 0 Å². The molecule has 1 aromatic heterocycles. The van der Waals surface area contributed by atoms with Gasteiger partial charge in [0, 0.05) is 28.4 Å². The molecule has 2 N–H and O–H groups in total. The Kier molecular flexibility index (Phi) is 3.82. The predicted molar refractivity (Wildman–Crippen MR) is 69.3 cm³/mol. The minimum absolute atomic E-state index is 0.485. The normalized spacial score (nSPS) is 10.7. The Morgan fingerprint density at radius 1 is 1.31 bits per heavy atom. The number of nitrogens with zero attached hydrogens (tertiary/aromatic N) is 1. The third-order valence-corrected chi connectivity index (χ3v) is 3.67. The van der Waals surface area contributed by atoms with Crippen LogP contribution < -0.4 is 5.73 Å². The Morgan fingerprint density at radius 3 is 2.75 bits per heavy atom. The molecule has 0 fully saturated rings. The highest BCUT2D eigenvalue weighted by Gasteiger charge is 2.05. The molecule has 0 bridgehead atoms. The molecule has 0 unspecified atom stereocenters. The van der Waals surface area contributed by atoms with Crippen LogP contribution in [0.5, 0.6) is 0 Å². The van der Waals surface area contributed by atoms with Crippen LogP contribution >= 0.6 is 34.5 Å². The Labute approximate surface area is 108 Å². The summed E-state index contributed by atoms with van der Waals surface area (Å²) in [5.41, 5.74) is 7.53. The van der Waals surface area contributed by atoms with E-state index in [1.54, 1.807) is 17.4 Å². The van der Waals surface area contributed by atoms with E-state index in [1.165, 1.54) is 0 Å². The van der Waals surface area contributed by atoms with Crippen molar-refractivity contribution < 1.29 is 0 Å². The van der Waals surface area contributed by atoms with Crippen LogP contribution in [0.4, 0.5) is 0 Å². The topological polar surface area (TPSA) is 38.9 Å². The van der Waals surface area contributed by atoms with Gasteiger partial charge in [-0.2, -0.15) is 0 Å². The number of thiazole rings is 1. The van der Waals surface area contributed by atoms with Crippen LogP contribution in [-0.4, -0.2) is 4.98 Å². The molecule has 0 atom stereocenters. The van der Waals surface area contributed by atoms with Crippen molar-refractivity contribution in [2.45, 2.75) is 13.0 Å². The third kappa shape index (κ3) is 2.74. The van der Waals surface area contributed by atoms with E-state index < -0.39 is 0 Å². The molecule has 0 radical (unpaired) electrons. The number of nitrogens with two attached hydrogens (primary N) is 1. The van der Waals surface area contributed by atoms with Gasteiger partial charge in [0.2, 0.25) is 0 Å². The molecule has 0 aliphatic carbocycles. The van der Waals surface area contributed by atoms with Gasteiger partial charge in [0.05, 0.1) is 5.69 Å². The fraction of sp³-hybridized carbons (Fsp3) is 0.182. The lowest BCUT2D eigenvalue weighted by atomic mass is 10.1. The number of hydrogen-bond acceptors (Lipinski definition) is 3. The van der Waals surface area contributed by atoms with Crippen molar-refractivity contribution in [1.82, 2.24) is 4.98 Å². The second kappa shape index (κ2) is 5.15. The lowest BCUT2D eigenvalue weighted by molar-refractivity contribution is 0.995. The van der Waals surface area contributed by atoms with Crippen molar-refractivity contribution in [2.75, 3.05) is 0 Å². The van der Waals surface area contributed by atoms with Crippen molar-refractivity contribution in [3.63, 3.8) is 0 Å². The fourth-order valence-corrected chi connectivity index (χ4v) is 2.53. The van der Waals surface area contributed by atoms with E-state index in [0.717, 1.165) is 16.3 Å². The third-order valence-electron chi connectivity index (χ3n) is 2.16. The molecular formula is C11H10Cl2N2S. The highest BCUT2D eigenvalue weighted by Crippen LogP contribution is 2.23. The maximum absolute atomic E-state index is 6.09. The van der Waals surface area contributed by atoms with Crippen LogP contribution in [0.3, 0.4) is 0 Å². The second-order valence-corrected chi connectivity index (χ2v) is 5.14. The summed E-state index contributed by atoms with van der Waals surface area (Å²) < 4.78 is 0. The number of hydrogen-bond donors (Lipinski definition) is 1. The summed E-state index contributed by atoms with van der Waals surface area (Å²) in [5.74, 6) is 0. The van der Waals surface area contributed by atoms with Crippen molar-refractivity contribution >= 4 is 34.5 Å². The van der Waals surface area contributed by atoms with Crippen LogP contribution in [0.15, 0.2) is 23.6 Å². The monoisotopic (exact) mass is 272 g/mol. The molecule has 0 saturated heterocycles. The standard InChI is InChI=1S/C11H10Cl2N2S/c12-8-2-1-7(10(13)4-8)3-9-6-16-11(5-14)15-9/h1-2,4,6H,3,5,14H2. The predicted octanol–water partition coefficient (Wildman–Crippen LogP) is 3.50. The van der Waals surface area contributed by atoms with Crippen LogP contribution in [0.1, 0.15) is 16.3 Å². The average molecular weight is 273 g/mol. The largest absolute Gasteiger partial charge is 0.325 e. The minimum atomic E-state index is 0.485. The Hall–Kier alpha value is -0.610. The molecule has 2 nitrogen and oxygen atoms in total. The summed E-state index contributed by atoms with van der Waals surface area (Å²) in [5, 5.41) is 4.28. The minimum Gasteiger partial charge on any atom is -0.325 e. The molecule has 0 spiro atoms. The Bertz CT molecular complexity index is 496. The highest BCUT2D eigenvalue weighted by atomic mass is 35.5. The Morgan fingerprint density at radius 2 is 2.12 bits per heavy atom. The average Bonchev–Trinajstić information content (AvgIpc) is 2.70. The molecule has 0 saturated carbocycles. The van der Waals surface area contributed by atoms with Gasteiger partial charge in [-0.15, -0.1) is 11.3 Å². The number of rotatable bonds is 3. The van der Waals surface area contributed by atoms with E-state index >= 15 is 0 Å². The van der Waals surface area contributed by atoms with Gasteiger partial charge in [0.1, 0.15) is 5.01 Å². The first-order valence-electron chi connectivity index (χ1n) is 4.76. The molecule has 16 heavy (non-hydrogen) atoms. The van der Waals surface area contributed by atoms with Crippen molar-refractivity contribution in [1.29, 1.82) is 0 Å². The molecular weight excluding hydrogens is 263 g/mol. The van der Waals surface area contributed by atoms with Gasteiger partial charge < -0.3 is 5.73 Å². The van der Waals surface area contributed by atoms with Gasteiger partial charge in [-0.25, -0.2) is 4.98 Å². The maximum Gasteiger partial charge on any atom is 0.106 e. The first-order valence-corrected chi connectivity index (χ1v) is 6.40. The highest BCUT2D eigenvalue weighted by molar-refractivity contribution is 7.09. The van der Waals surface area contributed by atoms with Crippen LogP contribution in [-0.2, 0) is 13.0 Å². The molecule has 84 valence electrons. The van der Waals surface area contributed by atoms with E-state index in [4.69, 9.17) is 28.9 Å². The SMILES string of the molecule is NCc1nc(Cc2ccc(Cl)cc2Cl)cs1. The van der Waals surface area contributed by atoms with E-state index in [1.807, 2.05) is 17.5 Å². The lowest BCUT2D eigenvalue weighted by Gasteiger charge is -2.02. The van der Waals surface area contributed by atoms with Gasteiger partial charge >= 0.3 is 0 Å². The van der Waals surface area contributed by atoms with Crippen molar-refractivity contribution in [3.05, 3.63) is 49.9 Å². The molecule has 1 aromatic carbocycles. The molecule has 0 aliphatic rings. The molecule has 2 rings (SSSR count). The molecule has 5 heteroatoms. The maximum atomic E-state index is 6.09. The van der Waals surface area contributed by atoms with Gasteiger partial charge in [-0.1, -0.05) is 29.3 Å². The van der Waals surface area contributed by atoms with Crippen LogP contribution in [0.25, 0.3) is 0 Å². The summed E-state index contributed by atoms with van der Waals surface area (Å²) >= 11 is 13.5. The number of halogens is 2. The van der Waals surface area contributed by atoms with Gasteiger partial charge in [0.25, 0.3) is 0 Å². The Balaban J connectivity index is 2.20. The number of aromatic nitrogens is 1. The second-order valence-electron chi connectivity index (χ2n) is 3.35. The van der Waals surface area contributed by atoms with Crippen LogP contribution in [0.2, 0.25) is 10.0 Å². The van der Waals surface area contributed by atoms with E-state index in [9.17, 15) is 0 Å². The summed E-state index contributed by atoms with van der Waals surface area (Å²) in [4.78, 5) is 4.39. The molecule has 2 aromatic rings. The summed E-state index contributed by atoms with van der Waals surface area (Å²) in [6.45, 7) is 0.485. The zero-order chi connectivity index (χ0) is 11.5. The van der Waals surface area contributed by atoms with E-state index in [0.29, 0.717) is 23.0 Å². The first-order chi connectivity index (χ1) is 7.69. The summed E-state index contributed by atoms with van der Waals surface area (Å²) in [6.07, 6.45) is 0.715. The van der Waals surface area contributed by atoms with E-state index in [2.05, 4.69) is 4.98 Å². The quantitative estimate of drug-likeness (QED) is 0.929. The molecule has 0 aliphatic heterocycles. The van der Waals surface area contributed by atoms with Crippen molar-refractivity contribution in [3.8, 4) is 0 Å². The zero-order valence-electron chi connectivity index (χ0n) is 8.41. The van der Waals surface area contributed by atoms with Crippen LogP contribution in [0, 0.1) is 0 Å². The zero-order valence-corrected chi connectivity index (χ0v) is 10.7. The lowest BCUT2D eigenvalue weighted by Crippen LogP contribution is -1.96. The smallest absolute Gasteiger partial charge is 0.106 e. The fourth-order valence-electron chi connectivity index (χ4n) is 1.38. The summed E-state index contributed by atoms with van der Waals surface area (Å²) in [6, 6.07) is 5.50. The first kappa shape index (κ1) is 11.9. The van der Waals surface area contributed by atoms with Crippen molar-refractivity contribution in [2.24, 2.45) is 5.73 Å². The van der Waals surface area contributed by atoms with E-state index in [-0.39, 0.29) is 0 Å². The van der Waals surface area contributed by atoms with Gasteiger partial charge in [-0.05, 0) is 17.7 Å². The number of benzene rings is 1. The summed E-state index contributed by atoms with van der Waals surface area (Å²) in [7, 11) is 0.